The molecule has 17 heavy (non-hydrogen) atoms. The molecule has 0 bridgehead atoms. The summed E-state index contributed by atoms with van der Waals surface area (Å²) in [5, 5.41) is 0. The van der Waals surface area contributed by atoms with Gasteiger partial charge in [0.05, 0.1) is 12.5 Å². The Balaban J connectivity index is 1.94. The Morgan fingerprint density at radius 1 is 1.59 bits per heavy atom. The largest absolute Gasteiger partial charge is 0.347 e. The second-order valence-corrected chi connectivity index (χ2v) is 4.78. The molecular formula is C12H20N4O. The molecule has 1 aromatic rings. The first-order valence-corrected chi connectivity index (χ1v) is 6.17. The predicted octanol–water partition coefficient (Wildman–Crippen LogP) is 0.886. The molecule has 5 nitrogen and oxygen atoms in total. The quantitative estimate of drug-likeness (QED) is 0.818. The summed E-state index contributed by atoms with van der Waals surface area (Å²) in [6, 6.07) is 0.0234. The number of imidazole rings is 1. The molecule has 1 aromatic heterocycles. The molecule has 1 amide bonds. The van der Waals surface area contributed by atoms with Crippen LogP contribution in [0.5, 0.6) is 0 Å². The van der Waals surface area contributed by atoms with Gasteiger partial charge in [-0.25, -0.2) is 4.98 Å². The van der Waals surface area contributed by atoms with Crippen molar-refractivity contribution in [2.75, 3.05) is 7.05 Å². The second-order valence-electron chi connectivity index (χ2n) is 4.78. The van der Waals surface area contributed by atoms with Gasteiger partial charge in [0.2, 0.25) is 5.91 Å². The minimum absolute atomic E-state index is 0.0105. The number of carbonyl (C=O) groups excluding carboxylic acids is 1. The molecule has 1 heterocycles. The summed E-state index contributed by atoms with van der Waals surface area (Å²) in [6.45, 7) is 0.523. The van der Waals surface area contributed by atoms with Crippen LogP contribution < -0.4 is 5.73 Å². The molecule has 2 unspecified atom stereocenters. The first kappa shape index (κ1) is 12.1. The fraction of sp³-hybridized carbons (Fsp3) is 0.667. The van der Waals surface area contributed by atoms with E-state index in [4.69, 9.17) is 5.73 Å². The monoisotopic (exact) mass is 236 g/mol. The lowest BCUT2D eigenvalue weighted by Crippen LogP contribution is -2.44. The molecule has 0 aliphatic heterocycles. The van der Waals surface area contributed by atoms with Crippen molar-refractivity contribution >= 4 is 5.91 Å². The molecule has 1 fully saturated rings. The molecule has 1 saturated carbocycles. The lowest BCUT2D eigenvalue weighted by atomic mass is 9.84. The topological polar surface area (TPSA) is 75.0 Å². The lowest BCUT2D eigenvalue weighted by molar-refractivity contribution is -0.136. The summed E-state index contributed by atoms with van der Waals surface area (Å²) in [6.07, 6.45) is 7.60. The van der Waals surface area contributed by atoms with Crippen LogP contribution in [0.15, 0.2) is 12.4 Å². The Morgan fingerprint density at radius 3 is 3.00 bits per heavy atom. The molecule has 2 atom stereocenters. The number of hydrogen-bond acceptors (Lipinski definition) is 3. The molecule has 3 N–H and O–H groups in total. The summed E-state index contributed by atoms with van der Waals surface area (Å²) in [5.74, 6) is 0.947. The average molecular weight is 236 g/mol. The van der Waals surface area contributed by atoms with Crippen molar-refractivity contribution in [3.05, 3.63) is 18.2 Å². The first-order chi connectivity index (χ1) is 8.18. The Labute approximate surface area is 101 Å². The first-order valence-electron chi connectivity index (χ1n) is 6.17. The van der Waals surface area contributed by atoms with Crippen LogP contribution in [0.2, 0.25) is 0 Å². The molecule has 1 aliphatic rings. The van der Waals surface area contributed by atoms with E-state index in [-0.39, 0.29) is 17.9 Å². The van der Waals surface area contributed by atoms with Gasteiger partial charge in [-0.1, -0.05) is 12.8 Å². The van der Waals surface area contributed by atoms with E-state index in [0.717, 1.165) is 31.5 Å². The fourth-order valence-electron chi connectivity index (χ4n) is 2.44. The van der Waals surface area contributed by atoms with Gasteiger partial charge in [-0.15, -0.1) is 0 Å². The molecule has 0 aromatic carbocycles. The van der Waals surface area contributed by atoms with Crippen LogP contribution in [0.25, 0.3) is 0 Å². The smallest absolute Gasteiger partial charge is 0.227 e. The fourth-order valence-corrected chi connectivity index (χ4v) is 2.44. The third-order valence-electron chi connectivity index (χ3n) is 3.45. The number of nitrogens with zero attached hydrogens (tertiary/aromatic N) is 2. The average Bonchev–Trinajstić information content (AvgIpc) is 2.81. The van der Waals surface area contributed by atoms with Crippen molar-refractivity contribution in [2.24, 2.45) is 11.7 Å². The lowest BCUT2D eigenvalue weighted by Gasteiger charge is -2.30. The van der Waals surface area contributed by atoms with Gasteiger partial charge < -0.3 is 15.6 Å². The van der Waals surface area contributed by atoms with E-state index >= 15 is 0 Å². The molecular weight excluding hydrogens is 216 g/mol. The Kier molecular flexibility index (Phi) is 3.78. The Bertz CT molecular complexity index is 363. The summed E-state index contributed by atoms with van der Waals surface area (Å²) < 4.78 is 0. The number of nitrogens with two attached hydrogens (primary N) is 1. The Hall–Kier alpha value is -1.36. The normalized spacial score (nSPS) is 24.6. The van der Waals surface area contributed by atoms with E-state index in [2.05, 4.69) is 9.97 Å². The zero-order valence-corrected chi connectivity index (χ0v) is 10.2. The summed E-state index contributed by atoms with van der Waals surface area (Å²) in [7, 11) is 1.81. The van der Waals surface area contributed by atoms with Crippen LogP contribution >= 0.6 is 0 Å². The zero-order valence-electron chi connectivity index (χ0n) is 10.2. The third kappa shape index (κ3) is 2.85. The van der Waals surface area contributed by atoms with Gasteiger partial charge >= 0.3 is 0 Å². The van der Waals surface area contributed by atoms with Crippen molar-refractivity contribution in [3.8, 4) is 0 Å². The van der Waals surface area contributed by atoms with Crippen molar-refractivity contribution in [2.45, 2.75) is 38.3 Å². The van der Waals surface area contributed by atoms with Crippen molar-refractivity contribution in [1.29, 1.82) is 0 Å². The molecule has 94 valence electrons. The Morgan fingerprint density at radius 2 is 2.35 bits per heavy atom. The van der Waals surface area contributed by atoms with Gasteiger partial charge in [-0.2, -0.15) is 0 Å². The minimum atomic E-state index is -0.0105. The maximum absolute atomic E-state index is 12.2. The second kappa shape index (κ2) is 5.31. The molecule has 0 spiro atoms. The number of H-pyrrole nitrogens is 1. The highest BCUT2D eigenvalue weighted by Crippen LogP contribution is 2.24. The molecule has 0 radical (unpaired) electrons. The number of amides is 1. The van der Waals surface area contributed by atoms with E-state index in [9.17, 15) is 4.79 Å². The standard InChI is InChI=1S/C12H20N4O/c1-16(8-11-14-6-7-15-11)12(17)9-4-2-3-5-10(9)13/h6-7,9-10H,2-5,8,13H2,1H3,(H,14,15). The third-order valence-corrected chi connectivity index (χ3v) is 3.45. The SMILES string of the molecule is CN(Cc1ncc[nH]1)C(=O)C1CCCCC1N. The zero-order chi connectivity index (χ0) is 12.3. The van der Waals surface area contributed by atoms with Gasteiger partial charge in [0, 0.05) is 25.5 Å². The highest BCUT2D eigenvalue weighted by Gasteiger charge is 2.30. The maximum Gasteiger partial charge on any atom is 0.227 e. The number of aromatic nitrogens is 2. The number of nitrogens with one attached hydrogen (secondary N) is 1. The van der Waals surface area contributed by atoms with Crippen molar-refractivity contribution in [3.63, 3.8) is 0 Å². The summed E-state index contributed by atoms with van der Waals surface area (Å²) in [5.41, 5.74) is 6.02. The van der Waals surface area contributed by atoms with Gasteiger partial charge in [0.1, 0.15) is 5.82 Å². The van der Waals surface area contributed by atoms with E-state index in [1.54, 1.807) is 17.3 Å². The number of hydrogen-bond donors (Lipinski definition) is 2. The van der Waals surface area contributed by atoms with Crippen molar-refractivity contribution < 1.29 is 4.79 Å². The van der Waals surface area contributed by atoms with Crippen LogP contribution in [0.1, 0.15) is 31.5 Å². The predicted molar refractivity (Wildman–Crippen MR) is 65.0 cm³/mol. The van der Waals surface area contributed by atoms with E-state index in [1.165, 1.54) is 0 Å². The van der Waals surface area contributed by atoms with Crippen LogP contribution in [0.3, 0.4) is 0 Å². The summed E-state index contributed by atoms with van der Waals surface area (Å²) >= 11 is 0. The number of rotatable bonds is 3. The van der Waals surface area contributed by atoms with E-state index < -0.39 is 0 Å². The van der Waals surface area contributed by atoms with Crippen LogP contribution in [0.4, 0.5) is 0 Å². The molecule has 1 aliphatic carbocycles. The van der Waals surface area contributed by atoms with Gasteiger partial charge in [-0.05, 0) is 12.8 Å². The molecule has 0 saturated heterocycles. The van der Waals surface area contributed by atoms with E-state index in [0.29, 0.717) is 6.54 Å². The van der Waals surface area contributed by atoms with Gasteiger partial charge in [0.15, 0.2) is 0 Å². The van der Waals surface area contributed by atoms with Gasteiger partial charge in [-0.3, -0.25) is 4.79 Å². The van der Waals surface area contributed by atoms with Crippen LogP contribution in [-0.2, 0) is 11.3 Å². The number of aromatic amines is 1. The highest BCUT2D eigenvalue weighted by atomic mass is 16.2. The van der Waals surface area contributed by atoms with Gasteiger partial charge in [0.25, 0.3) is 0 Å². The highest BCUT2D eigenvalue weighted by molar-refractivity contribution is 5.79. The maximum atomic E-state index is 12.2. The summed E-state index contributed by atoms with van der Waals surface area (Å²) in [4.78, 5) is 21.1. The number of carbonyl (C=O) groups is 1. The van der Waals surface area contributed by atoms with Crippen LogP contribution in [-0.4, -0.2) is 33.9 Å². The minimum Gasteiger partial charge on any atom is -0.347 e. The van der Waals surface area contributed by atoms with E-state index in [1.807, 2.05) is 7.05 Å². The molecule has 2 rings (SSSR count). The van der Waals surface area contributed by atoms with Crippen LogP contribution in [0, 0.1) is 5.92 Å². The molecule has 5 heteroatoms. The van der Waals surface area contributed by atoms with Crippen molar-refractivity contribution in [1.82, 2.24) is 14.9 Å².